The van der Waals surface area contributed by atoms with Gasteiger partial charge in [-0.25, -0.2) is 0 Å². The summed E-state index contributed by atoms with van der Waals surface area (Å²) in [6.45, 7) is 3.93. The predicted molar refractivity (Wildman–Crippen MR) is 92.1 cm³/mol. The Labute approximate surface area is 146 Å². The van der Waals surface area contributed by atoms with E-state index in [1.165, 1.54) is 51.4 Å². The molecule has 4 aliphatic rings. The Hall–Kier alpha value is -0.200. The lowest BCUT2D eigenvalue weighted by Crippen LogP contribution is -2.49. The van der Waals surface area contributed by atoms with Crippen LogP contribution in [0.3, 0.4) is 0 Å². The largest absolute Gasteiger partial charge is 0.381 e. The summed E-state index contributed by atoms with van der Waals surface area (Å²) < 4.78 is 6.09. The van der Waals surface area contributed by atoms with E-state index in [4.69, 9.17) is 14.4 Å². The summed E-state index contributed by atoms with van der Waals surface area (Å²) in [5.74, 6) is 3.01. The number of methoxy groups -OCH3 is 1. The van der Waals surface area contributed by atoms with Crippen molar-refractivity contribution in [1.82, 2.24) is 10.5 Å². The van der Waals surface area contributed by atoms with Crippen LogP contribution in [0.1, 0.15) is 51.4 Å². The maximum absolute atomic E-state index is 6.09. The van der Waals surface area contributed by atoms with Crippen molar-refractivity contribution in [2.75, 3.05) is 33.4 Å². The Morgan fingerprint density at radius 1 is 1.04 bits per heavy atom. The van der Waals surface area contributed by atoms with E-state index in [2.05, 4.69) is 10.5 Å². The zero-order valence-electron chi connectivity index (χ0n) is 15.1. The molecule has 2 saturated carbocycles. The molecular weight excluding hydrogens is 304 g/mol. The normalized spacial score (nSPS) is 44.4. The second kappa shape index (κ2) is 8.00. The SMILES string of the molecule is COC1C(CN2CCCO2)CCCC1C1CCC2NOCCC2C1. The molecule has 6 unspecified atom stereocenters. The minimum Gasteiger partial charge on any atom is -0.381 e. The summed E-state index contributed by atoms with van der Waals surface area (Å²) in [6, 6.07) is 0.591. The van der Waals surface area contributed by atoms with Crippen LogP contribution in [0.25, 0.3) is 0 Å². The van der Waals surface area contributed by atoms with Crippen LogP contribution in [0.5, 0.6) is 0 Å². The van der Waals surface area contributed by atoms with Gasteiger partial charge in [-0.15, -0.1) is 0 Å². The highest BCUT2D eigenvalue weighted by Gasteiger charge is 2.42. The van der Waals surface area contributed by atoms with E-state index in [1.807, 2.05) is 7.11 Å². The molecule has 0 aromatic carbocycles. The Kier molecular flexibility index (Phi) is 5.74. The Morgan fingerprint density at radius 3 is 2.83 bits per heavy atom. The summed E-state index contributed by atoms with van der Waals surface area (Å²) in [6.07, 6.45) is 10.8. The lowest BCUT2D eigenvalue weighted by Gasteiger charge is -2.47. The molecule has 6 atom stereocenters. The standard InChI is InChI=1S/C19H34N2O3/c1-22-19-16(13-21-9-3-10-24-21)4-2-5-17(19)14-6-7-18-15(12-14)8-11-23-20-18/h14-20H,2-13H2,1H3. The van der Waals surface area contributed by atoms with E-state index < -0.39 is 0 Å². The van der Waals surface area contributed by atoms with Crippen LogP contribution in [0.15, 0.2) is 0 Å². The van der Waals surface area contributed by atoms with Gasteiger partial charge in [0.25, 0.3) is 0 Å². The van der Waals surface area contributed by atoms with Crippen molar-refractivity contribution in [3.8, 4) is 0 Å². The molecule has 2 heterocycles. The lowest BCUT2D eigenvalue weighted by molar-refractivity contribution is -0.145. The Bertz CT molecular complexity index is 402. The van der Waals surface area contributed by atoms with Gasteiger partial charge in [-0.3, -0.25) is 4.84 Å². The van der Waals surface area contributed by atoms with Crippen molar-refractivity contribution in [3.63, 3.8) is 0 Å². The van der Waals surface area contributed by atoms with Crippen LogP contribution in [0.2, 0.25) is 0 Å². The highest BCUT2D eigenvalue weighted by atomic mass is 16.7. The smallest absolute Gasteiger partial charge is 0.0698 e. The van der Waals surface area contributed by atoms with Crippen molar-refractivity contribution < 1.29 is 14.4 Å². The molecule has 4 fully saturated rings. The molecule has 5 heteroatoms. The maximum atomic E-state index is 6.09. The van der Waals surface area contributed by atoms with E-state index in [0.717, 1.165) is 44.1 Å². The fourth-order valence-corrected chi connectivity index (χ4v) is 5.80. The van der Waals surface area contributed by atoms with Crippen LogP contribution in [0, 0.1) is 23.7 Å². The fourth-order valence-electron chi connectivity index (χ4n) is 5.80. The molecule has 0 aromatic rings. The number of rotatable bonds is 4. The van der Waals surface area contributed by atoms with Gasteiger partial charge in [0.15, 0.2) is 0 Å². The van der Waals surface area contributed by atoms with Crippen LogP contribution in [-0.2, 0) is 14.4 Å². The first kappa shape index (κ1) is 17.2. The highest BCUT2D eigenvalue weighted by molar-refractivity contribution is 4.93. The average Bonchev–Trinajstić information content (AvgIpc) is 3.14. The topological polar surface area (TPSA) is 43.0 Å². The number of nitrogens with one attached hydrogen (secondary N) is 1. The quantitative estimate of drug-likeness (QED) is 0.854. The summed E-state index contributed by atoms with van der Waals surface area (Å²) in [5, 5.41) is 2.19. The number of nitrogens with zero attached hydrogens (tertiary/aromatic N) is 1. The third kappa shape index (κ3) is 3.65. The zero-order valence-corrected chi connectivity index (χ0v) is 15.1. The Morgan fingerprint density at radius 2 is 2.00 bits per heavy atom. The summed E-state index contributed by atoms with van der Waals surface area (Å²) in [4.78, 5) is 11.2. The predicted octanol–water partition coefficient (Wildman–Crippen LogP) is 2.76. The molecule has 5 nitrogen and oxygen atoms in total. The van der Waals surface area contributed by atoms with Gasteiger partial charge in [0.2, 0.25) is 0 Å². The van der Waals surface area contributed by atoms with Crippen molar-refractivity contribution in [3.05, 3.63) is 0 Å². The molecule has 0 radical (unpaired) electrons. The van der Waals surface area contributed by atoms with Gasteiger partial charge >= 0.3 is 0 Å². The molecule has 0 spiro atoms. The fraction of sp³-hybridized carbons (Fsp3) is 1.00. The third-order valence-corrected chi connectivity index (χ3v) is 6.99. The van der Waals surface area contributed by atoms with Crippen molar-refractivity contribution in [2.45, 2.75) is 63.5 Å². The molecule has 2 aliphatic heterocycles. The molecule has 138 valence electrons. The number of hydroxylamine groups is 3. The van der Waals surface area contributed by atoms with Crippen LogP contribution in [-0.4, -0.2) is 50.6 Å². The van der Waals surface area contributed by atoms with E-state index in [1.54, 1.807) is 0 Å². The molecule has 4 rings (SSSR count). The van der Waals surface area contributed by atoms with E-state index in [-0.39, 0.29) is 0 Å². The van der Waals surface area contributed by atoms with Crippen LogP contribution in [0.4, 0.5) is 0 Å². The summed E-state index contributed by atoms with van der Waals surface area (Å²) in [7, 11) is 1.93. The molecule has 0 amide bonds. The first-order valence-electron chi connectivity index (χ1n) is 10.1. The van der Waals surface area contributed by atoms with Crippen LogP contribution >= 0.6 is 0 Å². The molecule has 0 aromatic heterocycles. The number of ether oxygens (including phenoxy) is 1. The second-order valence-electron chi connectivity index (χ2n) is 8.32. The summed E-state index contributed by atoms with van der Waals surface area (Å²) >= 11 is 0. The molecule has 1 N–H and O–H groups in total. The molecule has 2 aliphatic carbocycles. The maximum Gasteiger partial charge on any atom is 0.0698 e. The molecular formula is C19H34N2O3. The molecule has 0 bridgehead atoms. The van der Waals surface area contributed by atoms with Crippen molar-refractivity contribution in [1.29, 1.82) is 0 Å². The molecule has 2 saturated heterocycles. The Balaban J connectivity index is 1.39. The van der Waals surface area contributed by atoms with E-state index >= 15 is 0 Å². The number of fused-ring (bicyclic) bond motifs is 1. The minimum absolute atomic E-state index is 0.414. The number of hydrogen-bond donors (Lipinski definition) is 1. The second-order valence-corrected chi connectivity index (χ2v) is 8.32. The zero-order chi connectivity index (χ0) is 16.4. The van der Waals surface area contributed by atoms with Gasteiger partial charge in [-0.2, -0.15) is 10.5 Å². The average molecular weight is 338 g/mol. The van der Waals surface area contributed by atoms with Crippen molar-refractivity contribution >= 4 is 0 Å². The third-order valence-electron chi connectivity index (χ3n) is 6.99. The van der Waals surface area contributed by atoms with Gasteiger partial charge in [0.1, 0.15) is 0 Å². The minimum atomic E-state index is 0.414. The highest BCUT2D eigenvalue weighted by Crippen LogP contribution is 2.44. The first-order chi connectivity index (χ1) is 11.8. The van der Waals surface area contributed by atoms with Gasteiger partial charge < -0.3 is 9.57 Å². The number of hydrogen-bond acceptors (Lipinski definition) is 5. The monoisotopic (exact) mass is 338 g/mol. The van der Waals surface area contributed by atoms with Gasteiger partial charge in [0.05, 0.1) is 19.3 Å². The van der Waals surface area contributed by atoms with E-state index in [0.29, 0.717) is 18.1 Å². The summed E-state index contributed by atoms with van der Waals surface area (Å²) in [5.41, 5.74) is 3.27. The van der Waals surface area contributed by atoms with Gasteiger partial charge in [-0.05, 0) is 62.7 Å². The van der Waals surface area contributed by atoms with E-state index in [9.17, 15) is 0 Å². The lowest BCUT2D eigenvalue weighted by atomic mass is 9.65. The van der Waals surface area contributed by atoms with Crippen LogP contribution < -0.4 is 5.48 Å². The van der Waals surface area contributed by atoms with Crippen molar-refractivity contribution in [2.24, 2.45) is 23.7 Å². The van der Waals surface area contributed by atoms with Gasteiger partial charge in [-0.1, -0.05) is 6.42 Å². The first-order valence-corrected chi connectivity index (χ1v) is 10.1. The molecule has 24 heavy (non-hydrogen) atoms. The van der Waals surface area contributed by atoms with Gasteiger partial charge in [0, 0.05) is 32.2 Å².